The zero-order valence-corrected chi connectivity index (χ0v) is 12.4. The predicted molar refractivity (Wildman–Crippen MR) is 80.3 cm³/mol. The van der Waals surface area contributed by atoms with Gasteiger partial charge in [0.1, 0.15) is 0 Å². The molecule has 4 aliphatic rings. The van der Waals surface area contributed by atoms with Crippen LogP contribution in [-0.4, -0.2) is 35.3 Å². The van der Waals surface area contributed by atoms with Crippen molar-refractivity contribution in [2.45, 2.75) is 56.7 Å². The van der Waals surface area contributed by atoms with Crippen molar-refractivity contribution in [3.8, 4) is 0 Å². The van der Waals surface area contributed by atoms with Gasteiger partial charge in [-0.25, -0.2) is 9.97 Å². The minimum atomic E-state index is 0.517. The second-order valence-electron chi connectivity index (χ2n) is 7.29. The van der Waals surface area contributed by atoms with Crippen LogP contribution in [0.3, 0.4) is 0 Å². The fourth-order valence-electron chi connectivity index (χ4n) is 5.09. The molecule has 0 N–H and O–H groups in total. The SMILES string of the molecule is c1cc(C2CCCC2)nc(N2C[C@@H]3[C@H](C2)[C@H]2CC[C@@H]3O2)n1. The van der Waals surface area contributed by atoms with E-state index in [4.69, 9.17) is 9.72 Å². The fourth-order valence-corrected chi connectivity index (χ4v) is 5.09. The standard InChI is InChI=1S/C17H23N3O/c1-2-4-11(3-1)14-7-8-18-17(19-14)20-9-12-13(10-20)16-6-5-15(12)21-16/h7-8,11-13,15-16H,1-6,9-10H2/t12-,13+,15+,16-. The Hall–Kier alpha value is -1.16. The second-order valence-corrected chi connectivity index (χ2v) is 7.29. The summed E-state index contributed by atoms with van der Waals surface area (Å²) in [7, 11) is 0. The van der Waals surface area contributed by atoms with Crippen molar-refractivity contribution in [2.75, 3.05) is 18.0 Å². The molecule has 3 aliphatic heterocycles. The van der Waals surface area contributed by atoms with Gasteiger partial charge in [-0.15, -0.1) is 0 Å². The lowest BCUT2D eigenvalue weighted by atomic mass is 9.82. The number of fused-ring (bicyclic) bond motifs is 5. The molecule has 4 fully saturated rings. The normalized spacial score (nSPS) is 38.4. The van der Waals surface area contributed by atoms with Crippen molar-refractivity contribution >= 4 is 5.95 Å². The van der Waals surface area contributed by atoms with E-state index in [9.17, 15) is 0 Å². The van der Waals surface area contributed by atoms with Crippen molar-refractivity contribution in [3.63, 3.8) is 0 Å². The van der Waals surface area contributed by atoms with Crippen molar-refractivity contribution in [1.82, 2.24) is 9.97 Å². The Kier molecular flexibility index (Phi) is 2.75. The van der Waals surface area contributed by atoms with Crippen LogP contribution in [0.4, 0.5) is 5.95 Å². The zero-order chi connectivity index (χ0) is 13.8. The largest absolute Gasteiger partial charge is 0.374 e. The summed E-state index contributed by atoms with van der Waals surface area (Å²) >= 11 is 0. The molecule has 0 amide bonds. The van der Waals surface area contributed by atoms with Gasteiger partial charge in [-0.2, -0.15) is 0 Å². The number of ether oxygens (including phenoxy) is 1. The average Bonchev–Trinajstić information content (AvgIpc) is 3.27. The van der Waals surface area contributed by atoms with Gasteiger partial charge in [0, 0.05) is 42.7 Å². The molecule has 3 saturated heterocycles. The maximum absolute atomic E-state index is 6.06. The molecule has 1 aromatic rings. The highest BCUT2D eigenvalue weighted by molar-refractivity contribution is 5.35. The molecule has 5 rings (SSSR count). The summed E-state index contributed by atoms with van der Waals surface area (Å²) in [5.74, 6) is 3.09. The van der Waals surface area contributed by atoms with Crippen molar-refractivity contribution in [1.29, 1.82) is 0 Å². The van der Waals surface area contributed by atoms with Crippen molar-refractivity contribution in [3.05, 3.63) is 18.0 Å². The highest BCUT2D eigenvalue weighted by Crippen LogP contribution is 2.47. The fraction of sp³-hybridized carbons (Fsp3) is 0.765. The molecule has 0 aromatic carbocycles. The van der Waals surface area contributed by atoms with Gasteiger partial charge < -0.3 is 9.64 Å². The van der Waals surface area contributed by atoms with Gasteiger partial charge in [-0.05, 0) is 31.7 Å². The quantitative estimate of drug-likeness (QED) is 0.837. The molecule has 2 bridgehead atoms. The number of aromatic nitrogens is 2. The monoisotopic (exact) mass is 285 g/mol. The van der Waals surface area contributed by atoms with E-state index >= 15 is 0 Å². The average molecular weight is 285 g/mol. The van der Waals surface area contributed by atoms with Crippen LogP contribution in [0, 0.1) is 11.8 Å². The third-order valence-corrected chi connectivity index (χ3v) is 6.17. The van der Waals surface area contributed by atoms with E-state index < -0.39 is 0 Å². The Bertz CT molecular complexity index is 525. The van der Waals surface area contributed by atoms with Crippen molar-refractivity contribution < 1.29 is 4.74 Å². The summed E-state index contributed by atoms with van der Waals surface area (Å²) in [5, 5.41) is 0. The lowest BCUT2D eigenvalue weighted by Gasteiger charge is -2.20. The van der Waals surface area contributed by atoms with E-state index in [0.717, 1.165) is 30.9 Å². The molecule has 4 heteroatoms. The Balaban J connectivity index is 1.38. The summed E-state index contributed by atoms with van der Waals surface area (Å²) in [6, 6.07) is 2.13. The van der Waals surface area contributed by atoms with Crippen LogP contribution in [0.2, 0.25) is 0 Å². The molecule has 1 saturated carbocycles. The lowest BCUT2D eigenvalue weighted by molar-refractivity contribution is 0.0849. The zero-order valence-electron chi connectivity index (χ0n) is 12.4. The molecule has 0 unspecified atom stereocenters. The molecular formula is C17H23N3O. The van der Waals surface area contributed by atoms with Gasteiger partial charge in [0.25, 0.3) is 0 Å². The highest BCUT2D eigenvalue weighted by atomic mass is 16.5. The molecule has 21 heavy (non-hydrogen) atoms. The minimum absolute atomic E-state index is 0.517. The first-order chi connectivity index (χ1) is 10.4. The van der Waals surface area contributed by atoms with Crippen LogP contribution >= 0.6 is 0 Å². The molecule has 112 valence electrons. The second kappa shape index (κ2) is 4.67. The van der Waals surface area contributed by atoms with Gasteiger partial charge in [0.15, 0.2) is 0 Å². The van der Waals surface area contributed by atoms with E-state index in [0.29, 0.717) is 18.1 Å². The molecule has 4 heterocycles. The van der Waals surface area contributed by atoms with E-state index in [1.165, 1.54) is 44.2 Å². The number of hydrogen-bond donors (Lipinski definition) is 0. The molecule has 0 spiro atoms. The van der Waals surface area contributed by atoms with Gasteiger partial charge >= 0.3 is 0 Å². The van der Waals surface area contributed by atoms with E-state index in [1.54, 1.807) is 0 Å². The van der Waals surface area contributed by atoms with Crippen LogP contribution < -0.4 is 4.90 Å². The van der Waals surface area contributed by atoms with E-state index in [2.05, 4.69) is 16.0 Å². The Morgan fingerprint density at radius 1 is 1.00 bits per heavy atom. The van der Waals surface area contributed by atoms with Gasteiger partial charge in [0.2, 0.25) is 5.95 Å². The number of rotatable bonds is 2. The van der Waals surface area contributed by atoms with Gasteiger partial charge in [0.05, 0.1) is 12.2 Å². The number of nitrogens with zero attached hydrogens (tertiary/aromatic N) is 3. The van der Waals surface area contributed by atoms with Gasteiger partial charge in [-0.3, -0.25) is 0 Å². The van der Waals surface area contributed by atoms with Crippen LogP contribution in [0.1, 0.15) is 50.1 Å². The topological polar surface area (TPSA) is 38.2 Å². The first kappa shape index (κ1) is 12.4. The first-order valence-electron chi connectivity index (χ1n) is 8.62. The summed E-state index contributed by atoms with van der Waals surface area (Å²) in [5.41, 5.74) is 1.27. The molecule has 1 aromatic heterocycles. The Labute approximate surface area is 125 Å². The predicted octanol–water partition coefficient (Wildman–Crippen LogP) is 2.75. The minimum Gasteiger partial charge on any atom is -0.374 e. The first-order valence-corrected chi connectivity index (χ1v) is 8.62. The Morgan fingerprint density at radius 2 is 1.71 bits per heavy atom. The van der Waals surface area contributed by atoms with Crippen LogP contribution in [0.15, 0.2) is 12.3 Å². The lowest BCUT2D eigenvalue weighted by Crippen LogP contribution is -2.26. The van der Waals surface area contributed by atoms with Crippen LogP contribution in [0.5, 0.6) is 0 Å². The van der Waals surface area contributed by atoms with Crippen LogP contribution in [0.25, 0.3) is 0 Å². The highest BCUT2D eigenvalue weighted by Gasteiger charge is 2.53. The maximum Gasteiger partial charge on any atom is 0.225 e. The molecule has 1 aliphatic carbocycles. The summed E-state index contributed by atoms with van der Waals surface area (Å²) in [4.78, 5) is 11.9. The van der Waals surface area contributed by atoms with Crippen LogP contribution in [-0.2, 0) is 4.74 Å². The molecule has 4 atom stereocenters. The maximum atomic E-state index is 6.06. The van der Waals surface area contributed by atoms with E-state index in [-0.39, 0.29) is 0 Å². The third-order valence-electron chi connectivity index (χ3n) is 6.17. The van der Waals surface area contributed by atoms with Gasteiger partial charge in [-0.1, -0.05) is 12.8 Å². The van der Waals surface area contributed by atoms with Crippen molar-refractivity contribution in [2.24, 2.45) is 11.8 Å². The molecule has 0 radical (unpaired) electrons. The Morgan fingerprint density at radius 3 is 2.43 bits per heavy atom. The molecule has 4 nitrogen and oxygen atoms in total. The number of anilines is 1. The smallest absolute Gasteiger partial charge is 0.225 e. The molecular weight excluding hydrogens is 262 g/mol. The van der Waals surface area contributed by atoms with E-state index in [1.807, 2.05) is 6.20 Å². The summed E-state index contributed by atoms with van der Waals surface area (Å²) in [6.45, 7) is 2.19. The summed E-state index contributed by atoms with van der Waals surface area (Å²) in [6.07, 6.45) is 10.9. The third kappa shape index (κ3) is 1.91. The number of hydrogen-bond acceptors (Lipinski definition) is 4. The summed E-state index contributed by atoms with van der Waals surface area (Å²) < 4.78 is 6.06.